The summed E-state index contributed by atoms with van der Waals surface area (Å²) in [7, 11) is 0. The molecule has 0 unspecified atom stereocenters. The lowest BCUT2D eigenvalue weighted by Crippen LogP contribution is -2.18. The van der Waals surface area contributed by atoms with E-state index in [0.29, 0.717) is 12.5 Å². The van der Waals surface area contributed by atoms with E-state index in [1.54, 1.807) is 11.3 Å². The minimum absolute atomic E-state index is 0.674. The van der Waals surface area contributed by atoms with Gasteiger partial charge in [-0.3, -0.25) is 0 Å². The maximum atomic E-state index is 5.65. The Balaban J connectivity index is 1.59. The number of hydrogen-bond donors (Lipinski definition) is 1. The normalized spacial score (nSPS) is 15.5. The van der Waals surface area contributed by atoms with Crippen molar-refractivity contribution in [3.63, 3.8) is 0 Å². The molecule has 1 aromatic heterocycles. The van der Waals surface area contributed by atoms with Gasteiger partial charge in [-0.1, -0.05) is 26.7 Å². The second-order valence-electron chi connectivity index (χ2n) is 5.54. The van der Waals surface area contributed by atoms with Crippen LogP contribution in [0.15, 0.2) is 5.38 Å². The van der Waals surface area contributed by atoms with Crippen molar-refractivity contribution >= 4 is 11.3 Å². The van der Waals surface area contributed by atoms with Crippen LogP contribution in [-0.4, -0.2) is 18.1 Å². The molecule has 0 bridgehead atoms. The minimum atomic E-state index is 0.674. The van der Waals surface area contributed by atoms with Crippen LogP contribution in [0.3, 0.4) is 0 Å². The smallest absolute Gasteiger partial charge is 0.107 e. The van der Waals surface area contributed by atoms with Gasteiger partial charge in [-0.15, -0.1) is 11.3 Å². The Kier molecular flexibility index (Phi) is 5.60. The van der Waals surface area contributed by atoms with Crippen molar-refractivity contribution in [2.75, 3.05) is 13.2 Å². The highest BCUT2D eigenvalue weighted by Gasteiger charge is 2.20. The molecule has 1 fully saturated rings. The van der Waals surface area contributed by atoms with Crippen molar-refractivity contribution in [2.45, 2.75) is 46.3 Å². The van der Waals surface area contributed by atoms with E-state index < -0.39 is 0 Å². The summed E-state index contributed by atoms with van der Waals surface area (Å²) < 4.78 is 5.65. The van der Waals surface area contributed by atoms with Crippen molar-refractivity contribution in [3.05, 3.63) is 16.1 Å². The lowest BCUT2D eigenvalue weighted by molar-refractivity contribution is 0.113. The zero-order valence-electron chi connectivity index (χ0n) is 11.4. The number of nitrogens with zero attached hydrogens (tertiary/aromatic N) is 1. The van der Waals surface area contributed by atoms with Crippen molar-refractivity contribution in [1.82, 2.24) is 10.3 Å². The first-order chi connectivity index (χ1) is 8.74. The van der Waals surface area contributed by atoms with Crippen molar-refractivity contribution in [2.24, 2.45) is 11.8 Å². The highest BCUT2D eigenvalue weighted by Crippen LogP contribution is 2.32. The first-order valence-electron chi connectivity index (χ1n) is 6.95. The summed E-state index contributed by atoms with van der Waals surface area (Å²) >= 11 is 1.72. The fourth-order valence-corrected chi connectivity index (χ4v) is 2.55. The van der Waals surface area contributed by atoms with Crippen LogP contribution in [0.4, 0.5) is 0 Å². The summed E-state index contributed by atoms with van der Waals surface area (Å²) in [4.78, 5) is 4.57. The van der Waals surface area contributed by atoms with Gasteiger partial charge in [0.25, 0.3) is 0 Å². The average Bonchev–Trinajstić information content (AvgIpc) is 3.04. The van der Waals surface area contributed by atoms with Crippen LogP contribution < -0.4 is 5.32 Å². The van der Waals surface area contributed by atoms with Crippen LogP contribution >= 0.6 is 11.3 Å². The predicted molar refractivity (Wildman–Crippen MR) is 75.7 cm³/mol. The maximum absolute atomic E-state index is 5.65. The molecule has 2 rings (SSSR count). The summed E-state index contributed by atoms with van der Waals surface area (Å²) in [6, 6.07) is 0. The van der Waals surface area contributed by atoms with E-state index in [1.807, 2.05) is 0 Å². The number of hydrogen-bond acceptors (Lipinski definition) is 4. The molecular formula is C14H24N2OS. The number of thiazole rings is 1. The first-order valence-corrected chi connectivity index (χ1v) is 7.83. The highest BCUT2D eigenvalue weighted by molar-refractivity contribution is 7.09. The zero-order valence-corrected chi connectivity index (χ0v) is 12.3. The number of nitrogens with one attached hydrogen (secondary N) is 1. The van der Waals surface area contributed by atoms with Crippen LogP contribution in [0, 0.1) is 11.8 Å². The van der Waals surface area contributed by atoms with Crippen molar-refractivity contribution in [1.29, 1.82) is 0 Å². The van der Waals surface area contributed by atoms with Crippen molar-refractivity contribution < 1.29 is 4.74 Å². The molecule has 1 heterocycles. The summed E-state index contributed by atoms with van der Waals surface area (Å²) in [5.41, 5.74) is 1.08. The molecular weight excluding hydrogens is 244 g/mol. The lowest BCUT2D eigenvalue weighted by Gasteiger charge is -2.04. The lowest BCUT2D eigenvalue weighted by atomic mass is 10.2. The molecule has 102 valence electrons. The molecule has 0 atom stereocenters. The Morgan fingerprint density at radius 3 is 3.06 bits per heavy atom. The fourth-order valence-electron chi connectivity index (χ4n) is 1.80. The third-order valence-corrected chi connectivity index (χ3v) is 3.94. The molecule has 0 amide bonds. The first kappa shape index (κ1) is 14.0. The molecule has 1 N–H and O–H groups in total. The van der Waals surface area contributed by atoms with Crippen LogP contribution in [0.5, 0.6) is 0 Å². The SMILES string of the molecule is CC(C)CNCc1nc(COCCC2CC2)cs1. The largest absolute Gasteiger partial charge is 0.375 e. The molecule has 1 aromatic rings. The second kappa shape index (κ2) is 7.22. The molecule has 0 spiro atoms. The van der Waals surface area contributed by atoms with Crippen LogP contribution in [0.25, 0.3) is 0 Å². The van der Waals surface area contributed by atoms with E-state index in [-0.39, 0.29) is 0 Å². The minimum Gasteiger partial charge on any atom is -0.375 e. The number of ether oxygens (including phenoxy) is 1. The van der Waals surface area contributed by atoms with Crippen LogP contribution in [-0.2, 0) is 17.9 Å². The molecule has 0 radical (unpaired) electrons. The molecule has 0 aromatic carbocycles. The second-order valence-corrected chi connectivity index (χ2v) is 6.48. The Morgan fingerprint density at radius 2 is 2.33 bits per heavy atom. The van der Waals surface area contributed by atoms with Crippen LogP contribution in [0.2, 0.25) is 0 Å². The Morgan fingerprint density at radius 1 is 1.50 bits per heavy atom. The van der Waals surface area contributed by atoms with Gasteiger partial charge in [0.15, 0.2) is 0 Å². The summed E-state index contributed by atoms with van der Waals surface area (Å²) in [6.07, 6.45) is 4.05. The van der Waals surface area contributed by atoms with Gasteiger partial charge in [0.1, 0.15) is 5.01 Å². The molecule has 18 heavy (non-hydrogen) atoms. The average molecular weight is 268 g/mol. The van der Waals surface area contributed by atoms with Gasteiger partial charge in [-0.25, -0.2) is 4.98 Å². The third-order valence-electron chi connectivity index (χ3n) is 3.05. The van der Waals surface area contributed by atoms with E-state index in [4.69, 9.17) is 4.74 Å². The van der Waals surface area contributed by atoms with E-state index in [2.05, 4.69) is 29.5 Å². The van der Waals surface area contributed by atoms with Crippen molar-refractivity contribution in [3.8, 4) is 0 Å². The molecule has 1 saturated carbocycles. The monoisotopic (exact) mass is 268 g/mol. The van der Waals surface area contributed by atoms with Gasteiger partial charge in [-0.2, -0.15) is 0 Å². The van der Waals surface area contributed by atoms with E-state index in [9.17, 15) is 0 Å². The number of rotatable bonds is 9. The molecule has 3 nitrogen and oxygen atoms in total. The molecule has 1 aliphatic carbocycles. The molecule has 0 saturated heterocycles. The summed E-state index contributed by atoms with van der Waals surface area (Å²) in [5.74, 6) is 1.64. The van der Waals surface area contributed by atoms with Gasteiger partial charge in [0, 0.05) is 18.5 Å². The topological polar surface area (TPSA) is 34.2 Å². The summed E-state index contributed by atoms with van der Waals surface area (Å²) in [6.45, 7) is 7.93. The van der Waals surface area contributed by atoms with Crippen LogP contribution in [0.1, 0.15) is 43.8 Å². The van der Waals surface area contributed by atoms with Gasteiger partial charge in [0.05, 0.1) is 12.3 Å². The zero-order chi connectivity index (χ0) is 12.8. The Hall–Kier alpha value is -0.450. The predicted octanol–water partition coefficient (Wildman–Crippen LogP) is 3.21. The molecule has 1 aliphatic rings. The maximum Gasteiger partial charge on any atom is 0.107 e. The highest BCUT2D eigenvalue weighted by atomic mass is 32.1. The summed E-state index contributed by atoms with van der Waals surface area (Å²) in [5, 5.41) is 6.69. The van der Waals surface area contributed by atoms with E-state index in [0.717, 1.165) is 36.3 Å². The van der Waals surface area contributed by atoms with Gasteiger partial charge < -0.3 is 10.1 Å². The van der Waals surface area contributed by atoms with Gasteiger partial charge in [0.2, 0.25) is 0 Å². The quantitative estimate of drug-likeness (QED) is 0.698. The van der Waals surface area contributed by atoms with E-state index >= 15 is 0 Å². The Bertz CT molecular complexity index is 347. The van der Waals surface area contributed by atoms with Gasteiger partial charge in [-0.05, 0) is 24.8 Å². The fraction of sp³-hybridized carbons (Fsp3) is 0.786. The number of aromatic nitrogens is 1. The molecule has 4 heteroatoms. The Labute approximate surface area is 114 Å². The standard InChI is InChI=1S/C14H24N2OS/c1-11(2)7-15-8-14-16-13(10-18-14)9-17-6-5-12-3-4-12/h10-12,15H,3-9H2,1-2H3. The third kappa shape index (κ3) is 5.46. The van der Waals surface area contributed by atoms with Gasteiger partial charge >= 0.3 is 0 Å². The molecule has 0 aliphatic heterocycles. The van der Waals surface area contributed by atoms with E-state index in [1.165, 1.54) is 19.3 Å².